The first-order valence-electron chi connectivity index (χ1n) is 13.1. The summed E-state index contributed by atoms with van der Waals surface area (Å²) in [6.07, 6.45) is 9.00. The fraction of sp³-hybridized carbons (Fsp3) is 0.759. The van der Waals surface area contributed by atoms with Gasteiger partial charge in [-0.05, 0) is 90.9 Å². The lowest BCUT2D eigenvalue weighted by atomic mass is 9.42. The minimum Gasteiger partial charge on any atom is -0.386 e. The monoisotopic (exact) mass is 434 g/mol. The van der Waals surface area contributed by atoms with Gasteiger partial charge in [0.1, 0.15) is 11.4 Å². The molecule has 0 amide bonds. The maximum Gasteiger partial charge on any atom is 0.141 e. The van der Waals surface area contributed by atoms with Crippen LogP contribution in [0.1, 0.15) is 64.4 Å². The highest BCUT2D eigenvalue weighted by molar-refractivity contribution is 5.88. The van der Waals surface area contributed by atoms with Crippen molar-refractivity contribution in [2.45, 2.75) is 76.9 Å². The summed E-state index contributed by atoms with van der Waals surface area (Å²) in [5.41, 5.74) is 0.563. The summed E-state index contributed by atoms with van der Waals surface area (Å²) in [6, 6.07) is 11.0. The van der Waals surface area contributed by atoms with Crippen molar-refractivity contribution in [1.82, 2.24) is 0 Å². The molecule has 1 aromatic rings. The molecule has 0 aliphatic heterocycles. The smallest absolute Gasteiger partial charge is 0.141 e. The molecule has 1 aromatic carbocycles. The number of Topliss-reactive ketones (excluding diaryl/α,β-unsaturated/α-hetero) is 1. The molecule has 6 fully saturated rings. The van der Waals surface area contributed by atoms with Gasteiger partial charge >= 0.3 is 0 Å². The molecule has 0 saturated heterocycles. The molecule has 172 valence electrons. The van der Waals surface area contributed by atoms with Crippen LogP contribution >= 0.6 is 0 Å². The minimum absolute atomic E-state index is 0.0317. The molecule has 0 heterocycles. The Bertz CT molecular complexity index is 974. The number of methoxy groups -OCH3 is 1. The highest BCUT2D eigenvalue weighted by Crippen LogP contribution is 2.88. The Morgan fingerprint density at radius 3 is 2.62 bits per heavy atom. The van der Waals surface area contributed by atoms with Crippen LogP contribution in [0.25, 0.3) is 0 Å². The van der Waals surface area contributed by atoms with Crippen LogP contribution in [0.15, 0.2) is 30.3 Å². The number of rotatable bonds is 3. The number of aliphatic hydroxyl groups is 1. The first kappa shape index (κ1) is 20.2. The second-order valence-corrected chi connectivity index (χ2v) is 13.0. The predicted octanol–water partition coefficient (Wildman–Crippen LogP) is 5.05. The van der Waals surface area contributed by atoms with Crippen molar-refractivity contribution < 1.29 is 14.6 Å². The largest absolute Gasteiger partial charge is 0.386 e. The van der Waals surface area contributed by atoms with Gasteiger partial charge in [0.2, 0.25) is 0 Å². The second-order valence-electron chi connectivity index (χ2n) is 13.0. The van der Waals surface area contributed by atoms with Crippen LogP contribution in [0.3, 0.4) is 0 Å². The summed E-state index contributed by atoms with van der Waals surface area (Å²) in [4.78, 5) is 13.4. The normalized spacial score (nSPS) is 57.0. The van der Waals surface area contributed by atoms with E-state index in [9.17, 15) is 9.90 Å². The molecule has 6 bridgehead atoms. The molecule has 32 heavy (non-hydrogen) atoms. The summed E-state index contributed by atoms with van der Waals surface area (Å²) >= 11 is 0. The maximum atomic E-state index is 13.4. The van der Waals surface area contributed by atoms with Gasteiger partial charge in [-0.25, -0.2) is 0 Å². The van der Waals surface area contributed by atoms with Gasteiger partial charge in [-0.15, -0.1) is 0 Å². The third-order valence-electron chi connectivity index (χ3n) is 12.7. The lowest BCUT2D eigenvalue weighted by Gasteiger charge is -2.62. The zero-order valence-corrected chi connectivity index (χ0v) is 19.8. The molecule has 6 saturated carbocycles. The van der Waals surface area contributed by atoms with Gasteiger partial charge < -0.3 is 9.84 Å². The molecular weight excluding hydrogens is 396 g/mol. The number of hydrogen-bond donors (Lipinski definition) is 1. The van der Waals surface area contributed by atoms with E-state index in [4.69, 9.17) is 4.74 Å². The Kier molecular flexibility index (Phi) is 3.84. The molecule has 3 nitrogen and oxygen atoms in total. The topological polar surface area (TPSA) is 46.5 Å². The van der Waals surface area contributed by atoms with E-state index in [0.717, 1.165) is 24.2 Å². The number of fused-ring (bicyclic) bond motifs is 4. The highest BCUT2D eigenvalue weighted by Gasteiger charge is 2.89. The van der Waals surface area contributed by atoms with Crippen molar-refractivity contribution in [3.8, 4) is 0 Å². The minimum atomic E-state index is -0.983. The molecule has 11 unspecified atom stereocenters. The van der Waals surface area contributed by atoms with E-state index in [1.807, 2.05) is 0 Å². The van der Waals surface area contributed by atoms with Crippen LogP contribution in [0.2, 0.25) is 0 Å². The van der Waals surface area contributed by atoms with Crippen LogP contribution in [0.4, 0.5) is 0 Å². The second kappa shape index (κ2) is 6.08. The van der Waals surface area contributed by atoms with E-state index >= 15 is 0 Å². The number of hydrogen-bond acceptors (Lipinski definition) is 3. The van der Waals surface area contributed by atoms with E-state index in [0.29, 0.717) is 18.3 Å². The van der Waals surface area contributed by atoms with Crippen molar-refractivity contribution in [3.05, 3.63) is 35.9 Å². The average molecular weight is 435 g/mol. The van der Waals surface area contributed by atoms with Gasteiger partial charge in [0.05, 0.1) is 12.0 Å². The summed E-state index contributed by atoms with van der Waals surface area (Å²) in [5, 5.41) is 12.4. The zero-order valence-electron chi connectivity index (χ0n) is 19.8. The van der Waals surface area contributed by atoms with Crippen molar-refractivity contribution in [2.24, 2.45) is 51.8 Å². The van der Waals surface area contributed by atoms with Crippen molar-refractivity contribution >= 4 is 5.78 Å². The predicted molar refractivity (Wildman–Crippen MR) is 123 cm³/mol. The molecule has 11 atom stereocenters. The third kappa shape index (κ3) is 1.92. The standard InChI is InChI=1S/C29H38O3/c1-26-16-21-19-9-10-20-12-18(11-17-7-5-4-6-8-17)14-28(20,15-19)27(26,2)24(21)25-22(30)13-23(32-3)29(25,26)31/h4-8,18-21,23-25,31H,9-16H2,1-3H3. The highest BCUT2D eigenvalue weighted by atomic mass is 16.5. The average Bonchev–Trinajstić information content (AvgIpc) is 3.39. The lowest BCUT2D eigenvalue weighted by molar-refractivity contribution is -0.192. The van der Waals surface area contributed by atoms with E-state index in [1.165, 1.54) is 44.1 Å². The van der Waals surface area contributed by atoms with Crippen LogP contribution in [-0.2, 0) is 16.0 Å². The summed E-state index contributed by atoms with van der Waals surface area (Å²) in [5.74, 6) is 3.28. The first-order chi connectivity index (χ1) is 15.3. The van der Waals surface area contributed by atoms with Crippen LogP contribution < -0.4 is 0 Å². The molecule has 0 aromatic heterocycles. The number of carbonyl (C=O) groups excluding carboxylic acids is 1. The van der Waals surface area contributed by atoms with Gasteiger partial charge in [-0.2, -0.15) is 0 Å². The number of carbonyl (C=O) groups is 1. The molecule has 1 N–H and O–H groups in total. The van der Waals surface area contributed by atoms with Crippen LogP contribution in [0.5, 0.6) is 0 Å². The number of benzene rings is 1. The summed E-state index contributed by atoms with van der Waals surface area (Å²) in [6.45, 7) is 4.91. The van der Waals surface area contributed by atoms with E-state index in [1.54, 1.807) is 7.11 Å². The first-order valence-corrected chi connectivity index (χ1v) is 13.1. The summed E-state index contributed by atoms with van der Waals surface area (Å²) < 4.78 is 5.86. The Hall–Kier alpha value is -1.19. The van der Waals surface area contributed by atoms with E-state index in [2.05, 4.69) is 44.2 Å². The van der Waals surface area contributed by atoms with Crippen molar-refractivity contribution in [1.29, 1.82) is 0 Å². The summed E-state index contributed by atoms with van der Waals surface area (Å²) in [7, 11) is 1.70. The molecule has 1 spiro atoms. The van der Waals surface area contributed by atoms with Gasteiger partial charge in [0.15, 0.2) is 0 Å². The fourth-order valence-corrected chi connectivity index (χ4v) is 11.8. The third-order valence-corrected chi connectivity index (χ3v) is 12.7. The molecule has 0 radical (unpaired) electrons. The van der Waals surface area contributed by atoms with Crippen molar-refractivity contribution in [3.63, 3.8) is 0 Å². The number of ether oxygens (including phenoxy) is 1. The van der Waals surface area contributed by atoms with E-state index in [-0.39, 0.29) is 34.1 Å². The molecule has 3 heteroatoms. The Balaban J connectivity index is 1.35. The Morgan fingerprint density at radius 1 is 1.09 bits per heavy atom. The van der Waals surface area contributed by atoms with Gasteiger partial charge in [-0.1, -0.05) is 44.2 Å². The van der Waals surface area contributed by atoms with E-state index < -0.39 is 5.60 Å². The fourth-order valence-electron chi connectivity index (χ4n) is 11.8. The van der Waals surface area contributed by atoms with Crippen molar-refractivity contribution in [2.75, 3.05) is 7.11 Å². The quantitative estimate of drug-likeness (QED) is 0.724. The molecule has 7 rings (SSSR count). The maximum absolute atomic E-state index is 13.4. The molecule has 6 aliphatic carbocycles. The van der Waals surface area contributed by atoms with Crippen LogP contribution in [0, 0.1) is 51.8 Å². The Morgan fingerprint density at radius 2 is 1.88 bits per heavy atom. The zero-order chi connectivity index (χ0) is 22.1. The number of ketones is 1. The lowest BCUT2D eigenvalue weighted by Crippen LogP contribution is -2.60. The van der Waals surface area contributed by atoms with Gasteiger partial charge in [0.25, 0.3) is 0 Å². The SMILES string of the molecule is COC1CC(=O)C2C3C4CC(C)(C12O)C3(C)C12CC(Cc3ccccc3)CC1CCC4C2. The Labute approximate surface area is 192 Å². The molecular formula is C29H38O3. The van der Waals surface area contributed by atoms with Gasteiger partial charge in [0, 0.05) is 18.9 Å². The van der Waals surface area contributed by atoms with Gasteiger partial charge in [-0.3, -0.25) is 4.79 Å². The molecule has 6 aliphatic rings. The van der Waals surface area contributed by atoms with Crippen LogP contribution in [-0.4, -0.2) is 29.7 Å².